The van der Waals surface area contributed by atoms with Crippen molar-refractivity contribution >= 4 is 17.7 Å². The number of aromatic nitrogens is 1. The third-order valence-corrected chi connectivity index (χ3v) is 5.55. The Morgan fingerprint density at radius 3 is 2.78 bits per heavy atom. The molecule has 1 aliphatic heterocycles. The fourth-order valence-electron chi connectivity index (χ4n) is 3.08. The van der Waals surface area contributed by atoms with Crippen LogP contribution in [0.15, 0.2) is 11.1 Å². The minimum Gasteiger partial charge on any atom is -0.339 e. The van der Waals surface area contributed by atoms with Gasteiger partial charge in [-0.1, -0.05) is 11.8 Å². The summed E-state index contributed by atoms with van der Waals surface area (Å²) in [5.41, 5.74) is 2.94. The van der Waals surface area contributed by atoms with Gasteiger partial charge in [-0.25, -0.2) is 4.98 Å². The molecule has 1 fully saturated rings. The molecule has 0 bridgehead atoms. The molecule has 2 heterocycles. The number of carbonyl (C=O) groups is 1. The molecule has 122 valence electrons. The topological polar surface area (TPSA) is 60.2 Å². The first kappa shape index (κ1) is 16.3. The van der Waals surface area contributed by atoms with E-state index in [1.54, 1.807) is 0 Å². The minimum atomic E-state index is 0.145. The van der Waals surface area contributed by atoms with Crippen LogP contribution >= 0.6 is 11.8 Å². The molecule has 1 aliphatic carbocycles. The lowest BCUT2D eigenvalue weighted by atomic mass is 9.95. The third kappa shape index (κ3) is 3.85. The molecule has 0 saturated carbocycles. The number of rotatable bonds is 3. The Morgan fingerprint density at radius 2 is 2.04 bits per heavy atom. The van der Waals surface area contributed by atoms with E-state index >= 15 is 0 Å². The number of aryl methyl sites for hydroxylation is 2. The summed E-state index contributed by atoms with van der Waals surface area (Å²) in [5, 5.41) is 10.1. The maximum atomic E-state index is 12.3. The molecule has 0 N–H and O–H groups in total. The number of amides is 1. The maximum Gasteiger partial charge on any atom is 0.233 e. The summed E-state index contributed by atoms with van der Waals surface area (Å²) in [6.07, 6.45) is 4.34. The number of likely N-dealkylation sites (N-methyl/N-ethyl adjacent to an activating group) is 1. The molecule has 3 rings (SSSR count). The lowest BCUT2D eigenvalue weighted by Crippen LogP contribution is -2.47. The van der Waals surface area contributed by atoms with E-state index in [0.717, 1.165) is 56.2 Å². The summed E-state index contributed by atoms with van der Waals surface area (Å²) in [7, 11) is 2.08. The van der Waals surface area contributed by atoms with Crippen LogP contribution in [0.25, 0.3) is 0 Å². The SMILES string of the molecule is CN1CCN(C(=O)CSc2nc3c(cc2C#N)CCCC3)CC1. The van der Waals surface area contributed by atoms with Gasteiger partial charge in [0.15, 0.2) is 0 Å². The fraction of sp³-hybridized carbons (Fsp3) is 0.588. The molecule has 1 saturated heterocycles. The van der Waals surface area contributed by atoms with E-state index in [1.807, 2.05) is 11.0 Å². The molecule has 0 unspecified atom stereocenters. The highest BCUT2D eigenvalue weighted by atomic mass is 32.2. The molecule has 2 aliphatic rings. The van der Waals surface area contributed by atoms with E-state index in [1.165, 1.54) is 23.7 Å². The Balaban J connectivity index is 1.65. The van der Waals surface area contributed by atoms with E-state index < -0.39 is 0 Å². The van der Waals surface area contributed by atoms with Crippen molar-refractivity contribution in [2.75, 3.05) is 39.0 Å². The van der Waals surface area contributed by atoms with Crippen molar-refractivity contribution in [2.45, 2.75) is 30.7 Å². The van der Waals surface area contributed by atoms with E-state index in [4.69, 9.17) is 0 Å². The van der Waals surface area contributed by atoms with Gasteiger partial charge >= 0.3 is 0 Å². The van der Waals surface area contributed by atoms with E-state index in [9.17, 15) is 10.1 Å². The monoisotopic (exact) mass is 330 g/mol. The van der Waals surface area contributed by atoms with Gasteiger partial charge in [0.2, 0.25) is 5.91 Å². The van der Waals surface area contributed by atoms with Gasteiger partial charge in [-0.2, -0.15) is 5.26 Å². The van der Waals surface area contributed by atoms with E-state index in [0.29, 0.717) is 11.3 Å². The number of hydrogen-bond acceptors (Lipinski definition) is 5. The number of piperazine rings is 1. The fourth-order valence-corrected chi connectivity index (χ4v) is 3.96. The number of fused-ring (bicyclic) bond motifs is 1. The van der Waals surface area contributed by atoms with Crippen molar-refractivity contribution in [1.82, 2.24) is 14.8 Å². The second-order valence-electron chi connectivity index (χ2n) is 6.24. The highest BCUT2D eigenvalue weighted by Crippen LogP contribution is 2.27. The Hall–Kier alpha value is -1.58. The Morgan fingerprint density at radius 1 is 1.30 bits per heavy atom. The largest absolute Gasteiger partial charge is 0.339 e. The predicted octanol–water partition coefficient (Wildman–Crippen LogP) is 1.70. The summed E-state index contributed by atoms with van der Waals surface area (Å²) in [6.45, 7) is 3.44. The number of nitrogens with zero attached hydrogens (tertiary/aromatic N) is 4. The van der Waals surface area contributed by atoms with Gasteiger partial charge in [-0.3, -0.25) is 4.79 Å². The van der Waals surface area contributed by atoms with Gasteiger partial charge in [0, 0.05) is 31.9 Å². The van der Waals surface area contributed by atoms with Crippen molar-refractivity contribution in [3.05, 3.63) is 22.9 Å². The molecule has 0 radical (unpaired) electrons. The summed E-state index contributed by atoms with van der Waals surface area (Å²) < 4.78 is 0. The zero-order valence-corrected chi connectivity index (χ0v) is 14.4. The lowest BCUT2D eigenvalue weighted by molar-refractivity contribution is -0.129. The number of nitriles is 1. The second kappa shape index (κ2) is 7.33. The second-order valence-corrected chi connectivity index (χ2v) is 7.20. The normalized spacial score (nSPS) is 18.3. The van der Waals surface area contributed by atoms with Crippen LogP contribution in [0.5, 0.6) is 0 Å². The lowest BCUT2D eigenvalue weighted by Gasteiger charge is -2.32. The van der Waals surface area contributed by atoms with Crippen LogP contribution in [0.1, 0.15) is 29.7 Å². The van der Waals surface area contributed by atoms with Crippen LogP contribution in [0.2, 0.25) is 0 Å². The van der Waals surface area contributed by atoms with Gasteiger partial charge in [0.25, 0.3) is 0 Å². The third-order valence-electron chi connectivity index (χ3n) is 4.57. The van der Waals surface area contributed by atoms with E-state index in [2.05, 4.69) is 23.0 Å². The maximum absolute atomic E-state index is 12.3. The van der Waals surface area contributed by atoms with Crippen molar-refractivity contribution < 1.29 is 4.79 Å². The van der Waals surface area contributed by atoms with E-state index in [-0.39, 0.29) is 5.91 Å². The van der Waals surface area contributed by atoms with Crippen LogP contribution in [0, 0.1) is 11.3 Å². The number of carbonyl (C=O) groups excluding carboxylic acids is 1. The van der Waals surface area contributed by atoms with Gasteiger partial charge in [0.1, 0.15) is 11.1 Å². The van der Waals surface area contributed by atoms with Gasteiger partial charge in [-0.05, 0) is 44.4 Å². The highest BCUT2D eigenvalue weighted by Gasteiger charge is 2.21. The van der Waals surface area contributed by atoms with Crippen LogP contribution in [-0.2, 0) is 17.6 Å². The van der Waals surface area contributed by atoms with Crippen LogP contribution in [0.3, 0.4) is 0 Å². The van der Waals surface area contributed by atoms with Crippen molar-refractivity contribution in [2.24, 2.45) is 0 Å². The van der Waals surface area contributed by atoms with Gasteiger partial charge in [-0.15, -0.1) is 0 Å². The minimum absolute atomic E-state index is 0.145. The Bertz CT molecular complexity index is 632. The molecule has 6 heteroatoms. The molecule has 0 spiro atoms. The molecule has 1 aromatic heterocycles. The average Bonchev–Trinajstić information content (AvgIpc) is 2.59. The van der Waals surface area contributed by atoms with Crippen molar-refractivity contribution in [3.8, 4) is 6.07 Å². The quantitative estimate of drug-likeness (QED) is 0.790. The number of pyridine rings is 1. The molecular formula is C17H22N4OS. The molecule has 1 aromatic rings. The number of thioether (sulfide) groups is 1. The van der Waals surface area contributed by atoms with Crippen LogP contribution in [-0.4, -0.2) is 59.7 Å². The van der Waals surface area contributed by atoms with Crippen LogP contribution in [0.4, 0.5) is 0 Å². The standard InChI is InChI=1S/C17H22N4OS/c1-20-6-8-21(9-7-20)16(22)12-23-17-14(11-18)10-13-4-2-3-5-15(13)19-17/h10H,2-9,12H2,1H3. The molecule has 1 amide bonds. The Labute approximate surface area is 141 Å². The summed E-state index contributed by atoms with van der Waals surface area (Å²) in [4.78, 5) is 21.2. The zero-order chi connectivity index (χ0) is 16.2. The molecule has 23 heavy (non-hydrogen) atoms. The predicted molar refractivity (Wildman–Crippen MR) is 90.4 cm³/mol. The average molecular weight is 330 g/mol. The van der Waals surface area contributed by atoms with Gasteiger partial charge < -0.3 is 9.80 Å². The van der Waals surface area contributed by atoms with Crippen molar-refractivity contribution in [3.63, 3.8) is 0 Å². The Kier molecular flexibility index (Phi) is 5.19. The highest BCUT2D eigenvalue weighted by molar-refractivity contribution is 7.99. The summed E-state index contributed by atoms with van der Waals surface area (Å²) in [5.74, 6) is 0.510. The molecule has 5 nitrogen and oxygen atoms in total. The first-order valence-electron chi connectivity index (χ1n) is 8.19. The zero-order valence-electron chi connectivity index (χ0n) is 13.5. The number of hydrogen-bond donors (Lipinski definition) is 0. The van der Waals surface area contributed by atoms with Gasteiger partial charge in [0.05, 0.1) is 11.3 Å². The molecule has 0 atom stereocenters. The van der Waals surface area contributed by atoms with Crippen molar-refractivity contribution in [1.29, 1.82) is 5.26 Å². The molecule has 0 aromatic carbocycles. The summed E-state index contributed by atoms with van der Waals surface area (Å²) >= 11 is 1.41. The van der Waals surface area contributed by atoms with Crippen LogP contribution < -0.4 is 0 Å². The summed E-state index contributed by atoms with van der Waals surface area (Å²) in [6, 6.07) is 4.22. The first-order chi connectivity index (χ1) is 11.2. The smallest absolute Gasteiger partial charge is 0.233 e. The molecular weight excluding hydrogens is 308 g/mol. The first-order valence-corrected chi connectivity index (χ1v) is 9.18.